The first-order valence-corrected chi connectivity index (χ1v) is 7.42. The lowest BCUT2D eigenvalue weighted by Gasteiger charge is -2.13. The zero-order chi connectivity index (χ0) is 11.3. The summed E-state index contributed by atoms with van der Waals surface area (Å²) in [6.45, 7) is -3.09. The lowest BCUT2D eigenvalue weighted by Crippen LogP contribution is -1.91. The minimum atomic E-state index is -3.09. The molecular formula is C9H10NO3PS. The maximum Gasteiger partial charge on any atom is 0.439 e. The highest BCUT2D eigenvalue weighted by atomic mass is 32.7. The Balaban J connectivity index is 2.82. The van der Waals surface area contributed by atoms with Crippen LogP contribution in [0.2, 0.25) is 0 Å². The lowest BCUT2D eigenvalue weighted by molar-refractivity contribution is 0.342. The van der Waals surface area contributed by atoms with E-state index in [2.05, 4.69) is 0 Å². The van der Waals surface area contributed by atoms with Crippen molar-refractivity contribution in [1.82, 2.24) is 0 Å². The van der Waals surface area contributed by atoms with E-state index in [1.165, 1.54) is 7.11 Å². The number of nitrogens with zero attached hydrogens (tertiary/aromatic N) is 1. The zero-order valence-corrected chi connectivity index (χ0v) is 10.0. The fraction of sp³-hybridized carbons (Fsp3) is 0.222. The van der Waals surface area contributed by atoms with Gasteiger partial charge in [-0.15, -0.1) is 0 Å². The molecule has 1 atom stereocenters. The van der Waals surface area contributed by atoms with Gasteiger partial charge >= 0.3 is 6.80 Å². The van der Waals surface area contributed by atoms with Crippen molar-refractivity contribution in [2.45, 2.75) is 0 Å². The molecule has 0 bridgehead atoms. The molecule has 1 unspecified atom stereocenters. The van der Waals surface area contributed by atoms with Crippen LogP contribution >= 0.6 is 18.2 Å². The van der Waals surface area contributed by atoms with Crippen LogP contribution in [0.25, 0.3) is 0 Å². The van der Waals surface area contributed by atoms with Gasteiger partial charge < -0.3 is 4.52 Å². The minimum absolute atomic E-state index is 0.425. The van der Waals surface area contributed by atoms with Crippen molar-refractivity contribution in [2.75, 3.05) is 13.4 Å². The van der Waals surface area contributed by atoms with Crippen LogP contribution in [0.1, 0.15) is 5.56 Å². The molecule has 0 aliphatic heterocycles. The third-order valence-corrected chi connectivity index (χ3v) is 4.99. The largest absolute Gasteiger partial charge is 0.439 e. The number of nitriles is 1. The highest BCUT2D eigenvalue weighted by Gasteiger charge is 2.22. The molecule has 0 N–H and O–H groups in total. The van der Waals surface area contributed by atoms with Gasteiger partial charge in [0.1, 0.15) is 5.75 Å². The summed E-state index contributed by atoms with van der Waals surface area (Å²) in [5, 5.41) is 8.58. The first kappa shape index (κ1) is 12.1. The normalized spacial score (nSPS) is 13.9. The molecule has 4 nitrogen and oxygen atoms in total. The molecule has 0 saturated heterocycles. The predicted molar refractivity (Wildman–Crippen MR) is 59.9 cm³/mol. The Labute approximate surface area is 92.5 Å². The zero-order valence-electron chi connectivity index (χ0n) is 8.34. The van der Waals surface area contributed by atoms with Crippen LogP contribution in [0.15, 0.2) is 24.3 Å². The molecule has 1 aromatic carbocycles. The summed E-state index contributed by atoms with van der Waals surface area (Å²) in [6, 6.07) is 8.34. The molecule has 0 spiro atoms. The van der Waals surface area contributed by atoms with Gasteiger partial charge in [-0.2, -0.15) is 5.26 Å². The molecule has 0 aromatic heterocycles. The van der Waals surface area contributed by atoms with Crippen molar-refractivity contribution in [3.05, 3.63) is 29.8 Å². The van der Waals surface area contributed by atoms with Gasteiger partial charge in [0.2, 0.25) is 0 Å². The van der Waals surface area contributed by atoms with Crippen LogP contribution in [-0.4, -0.2) is 13.4 Å². The van der Waals surface area contributed by atoms with Crippen LogP contribution in [0.4, 0.5) is 0 Å². The van der Waals surface area contributed by atoms with E-state index in [0.29, 0.717) is 11.3 Å². The second-order valence-corrected chi connectivity index (χ2v) is 6.78. The summed E-state index contributed by atoms with van der Waals surface area (Å²) in [5.74, 6) is 0.425. The summed E-state index contributed by atoms with van der Waals surface area (Å²) < 4.78 is 21.7. The van der Waals surface area contributed by atoms with Crippen LogP contribution in [0.3, 0.4) is 0 Å². The molecule has 80 valence electrons. The average Bonchev–Trinajstić information content (AvgIpc) is 2.30. The molecule has 0 fully saturated rings. The molecular weight excluding hydrogens is 233 g/mol. The first-order chi connectivity index (χ1) is 7.13. The Morgan fingerprint density at radius 1 is 1.40 bits per heavy atom. The predicted octanol–water partition coefficient (Wildman–Crippen LogP) is 3.05. The molecule has 0 aliphatic carbocycles. The van der Waals surface area contributed by atoms with Crippen molar-refractivity contribution >= 4 is 18.2 Å². The number of rotatable bonds is 4. The molecule has 15 heavy (non-hydrogen) atoms. The van der Waals surface area contributed by atoms with Gasteiger partial charge in [-0.25, -0.2) is 4.57 Å². The summed E-state index contributed by atoms with van der Waals surface area (Å²) in [5.41, 5.74) is 0.527. The third kappa shape index (κ3) is 3.28. The van der Waals surface area contributed by atoms with Gasteiger partial charge in [0, 0.05) is 7.11 Å². The van der Waals surface area contributed by atoms with E-state index in [0.717, 1.165) is 11.4 Å². The standard InChI is InChI=1S/C9H10NO3PS/c1-12-14(11,15-2)13-9-5-3-8(7-10)4-6-9/h3-6H,1-2H3. The second-order valence-electron chi connectivity index (χ2n) is 2.54. The Hall–Kier alpha value is -0.950. The molecule has 0 heterocycles. The van der Waals surface area contributed by atoms with Gasteiger partial charge in [-0.3, -0.25) is 4.52 Å². The van der Waals surface area contributed by atoms with E-state index >= 15 is 0 Å². The quantitative estimate of drug-likeness (QED) is 0.760. The third-order valence-electron chi connectivity index (χ3n) is 1.65. The summed E-state index contributed by atoms with van der Waals surface area (Å²) in [6.07, 6.45) is 1.65. The first-order valence-electron chi connectivity index (χ1n) is 4.05. The smallest absolute Gasteiger partial charge is 0.417 e. The number of hydrogen-bond donors (Lipinski definition) is 0. The summed E-state index contributed by atoms with van der Waals surface area (Å²) in [7, 11) is 1.33. The highest BCUT2D eigenvalue weighted by Crippen LogP contribution is 2.57. The van der Waals surface area contributed by atoms with Gasteiger partial charge in [0.15, 0.2) is 0 Å². The van der Waals surface area contributed by atoms with E-state index in [-0.39, 0.29) is 0 Å². The fourth-order valence-corrected chi connectivity index (χ4v) is 2.48. The van der Waals surface area contributed by atoms with E-state index < -0.39 is 6.80 Å². The van der Waals surface area contributed by atoms with E-state index in [1.807, 2.05) is 6.07 Å². The molecule has 1 rings (SSSR count). The van der Waals surface area contributed by atoms with Gasteiger partial charge in [-0.1, -0.05) is 0 Å². The maximum atomic E-state index is 11.7. The molecule has 0 radical (unpaired) electrons. The SMILES string of the molecule is COP(=O)(Oc1ccc(C#N)cc1)SC. The molecule has 0 saturated carbocycles. The van der Waals surface area contributed by atoms with E-state index in [4.69, 9.17) is 14.3 Å². The van der Waals surface area contributed by atoms with E-state index in [1.54, 1.807) is 30.5 Å². The molecule has 0 aliphatic rings. The average molecular weight is 243 g/mol. The van der Waals surface area contributed by atoms with Crippen molar-refractivity contribution < 1.29 is 13.6 Å². The van der Waals surface area contributed by atoms with E-state index in [9.17, 15) is 4.57 Å². The fourth-order valence-electron chi connectivity index (χ4n) is 0.869. The topological polar surface area (TPSA) is 59.3 Å². The van der Waals surface area contributed by atoms with Crippen molar-refractivity contribution in [1.29, 1.82) is 5.26 Å². The number of hydrogen-bond acceptors (Lipinski definition) is 5. The maximum absolute atomic E-state index is 11.7. The van der Waals surface area contributed by atoms with Crippen LogP contribution in [0, 0.1) is 11.3 Å². The molecule has 6 heteroatoms. The van der Waals surface area contributed by atoms with Gasteiger partial charge in [0.05, 0.1) is 11.6 Å². The van der Waals surface area contributed by atoms with Gasteiger partial charge in [-0.05, 0) is 41.9 Å². The van der Waals surface area contributed by atoms with Crippen molar-refractivity contribution in [2.24, 2.45) is 0 Å². The Morgan fingerprint density at radius 3 is 2.40 bits per heavy atom. The highest BCUT2D eigenvalue weighted by molar-refractivity contribution is 8.54. The summed E-state index contributed by atoms with van der Waals surface area (Å²) >= 11 is 1.02. The van der Waals surface area contributed by atoms with Crippen LogP contribution < -0.4 is 4.52 Å². The van der Waals surface area contributed by atoms with Gasteiger partial charge in [0.25, 0.3) is 0 Å². The Bertz CT molecular complexity index is 404. The van der Waals surface area contributed by atoms with Crippen LogP contribution in [-0.2, 0) is 9.09 Å². The van der Waals surface area contributed by atoms with Crippen molar-refractivity contribution in [3.63, 3.8) is 0 Å². The Morgan fingerprint density at radius 2 is 2.00 bits per heavy atom. The second kappa shape index (κ2) is 5.22. The minimum Gasteiger partial charge on any atom is -0.417 e. The summed E-state index contributed by atoms with van der Waals surface area (Å²) in [4.78, 5) is 0. The monoisotopic (exact) mass is 243 g/mol. The number of benzene rings is 1. The van der Waals surface area contributed by atoms with Crippen LogP contribution in [0.5, 0.6) is 5.75 Å². The molecule has 0 amide bonds. The molecule has 1 aromatic rings. The van der Waals surface area contributed by atoms with Crippen molar-refractivity contribution in [3.8, 4) is 11.8 Å². The lowest BCUT2D eigenvalue weighted by atomic mass is 10.2. The Kier molecular flexibility index (Phi) is 4.22.